The van der Waals surface area contributed by atoms with E-state index < -0.39 is 0 Å². The normalized spacial score (nSPS) is 10.0. The summed E-state index contributed by atoms with van der Waals surface area (Å²) in [6.07, 6.45) is 1.57. The second-order valence-corrected chi connectivity index (χ2v) is 2.80. The topological polar surface area (TPSA) is 82.7 Å². The number of rotatable bonds is 0. The van der Waals surface area contributed by atoms with Crippen LogP contribution in [0.3, 0.4) is 0 Å². The number of aromatic nitrogens is 3. The van der Waals surface area contributed by atoms with E-state index in [-0.39, 0.29) is 11.4 Å². The highest BCUT2D eigenvalue weighted by Crippen LogP contribution is 2.18. The zero-order chi connectivity index (χ0) is 10.1. The third kappa shape index (κ3) is 1.23. The Labute approximate surface area is 79.7 Å². The molecule has 0 aliphatic carbocycles. The maximum Gasteiger partial charge on any atom is 0.231 e. The average Bonchev–Trinajstić information content (AvgIpc) is 2.16. The molecule has 0 spiro atoms. The van der Waals surface area contributed by atoms with Crippen molar-refractivity contribution in [3.8, 4) is 11.9 Å². The molecule has 68 valence electrons. The Hall–Kier alpha value is -2.22. The summed E-state index contributed by atoms with van der Waals surface area (Å²) >= 11 is 0. The van der Waals surface area contributed by atoms with Gasteiger partial charge in [-0.3, -0.25) is 0 Å². The molecule has 0 saturated heterocycles. The maximum absolute atomic E-state index is 9.31. The van der Waals surface area contributed by atoms with Crippen LogP contribution in [-0.4, -0.2) is 20.1 Å². The summed E-state index contributed by atoms with van der Waals surface area (Å²) in [5, 5.41) is 18.6. The second kappa shape index (κ2) is 2.92. The number of hydrogen-bond acceptors (Lipinski definition) is 5. The quantitative estimate of drug-likeness (QED) is 0.661. The highest BCUT2D eigenvalue weighted by Gasteiger charge is 2.05. The summed E-state index contributed by atoms with van der Waals surface area (Å²) in [5.41, 5.74) is 0.527. The third-order valence-corrected chi connectivity index (χ3v) is 1.79. The molecule has 5 nitrogen and oxygen atoms in total. The highest BCUT2D eigenvalue weighted by molar-refractivity contribution is 5.76. The maximum atomic E-state index is 9.31. The lowest BCUT2D eigenvalue weighted by Gasteiger charge is -1.99. The first-order valence-corrected chi connectivity index (χ1v) is 3.94. The van der Waals surface area contributed by atoms with E-state index in [9.17, 15) is 5.11 Å². The largest absolute Gasteiger partial charge is 0.492 e. The Morgan fingerprint density at radius 2 is 2.21 bits per heavy atom. The number of nitriles is 1. The first kappa shape index (κ1) is 8.38. The van der Waals surface area contributed by atoms with Crippen molar-refractivity contribution in [3.63, 3.8) is 0 Å². The fourth-order valence-electron chi connectivity index (χ4n) is 1.12. The molecule has 0 amide bonds. The van der Waals surface area contributed by atoms with Crippen molar-refractivity contribution in [2.45, 2.75) is 6.92 Å². The molecule has 2 aromatic heterocycles. The predicted molar refractivity (Wildman–Crippen MR) is 48.4 cm³/mol. The fourth-order valence-corrected chi connectivity index (χ4v) is 1.12. The summed E-state index contributed by atoms with van der Waals surface area (Å²) in [6, 6.07) is 3.34. The van der Waals surface area contributed by atoms with Gasteiger partial charge in [0.15, 0.2) is 5.65 Å². The molecular formula is C9H6N4O. The molecule has 5 heteroatoms. The molecule has 0 saturated carbocycles. The Morgan fingerprint density at radius 3 is 2.93 bits per heavy atom. The van der Waals surface area contributed by atoms with Gasteiger partial charge in [0.05, 0.1) is 0 Å². The van der Waals surface area contributed by atoms with Crippen LogP contribution in [0.15, 0.2) is 12.3 Å². The second-order valence-electron chi connectivity index (χ2n) is 2.80. The number of hydrogen-bond donors (Lipinski definition) is 1. The lowest BCUT2D eigenvalue weighted by Crippen LogP contribution is -1.92. The summed E-state index contributed by atoms with van der Waals surface area (Å²) < 4.78 is 0. The van der Waals surface area contributed by atoms with Crippen molar-refractivity contribution in [1.82, 2.24) is 15.0 Å². The minimum absolute atomic E-state index is 0.130. The molecule has 2 rings (SSSR count). The third-order valence-electron chi connectivity index (χ3n) is 1.79. The average molecular weight is 186 g/mol. The molecule has 2 aromatic rings. The summed E-state index contributed by atoms with van der Waals surface area (Å²) in [7, 11) is 0. The lowest BCUT2D eigenvalue weighted by molar-refractivity contribution is 0.453. The van der Waals surface area contributed by atoms with E-state index in [0.717, 1.165) is 0 Å². The van der Waals surface area contributed by atoms with Crippen molar-refractivity contribution in [1.29, 1.82) is 5.26 Å². The number of nitrogens with zero attached hydrogens (tertiary/aromatic N) is 4. The smallest absolute Gasteiger partial charge is 0.231 e. The molecule has 1 N–H and O–H groups in total. The standard InChI is InChI=1S/C9H6N4O/c1-5-11-4-7-2-6(3-10)9(14)13-8(7)12-5/h2,4H,1H3,(H,11,12,13,14). The van der Waals surface area contributed by atoms with Gasteiger partial charge in [-0.1, -0.05) is 0 Å². The Morgan fingerprint density at radius 1 is 1.43 bits per heavy atom. The van der Waals surface area contributed by atoms with Crippen molar-refractivity contribution < 1.29 is 5.11 Å². The van der Waals surface area contributed by atoms with Crippen molar-refractivity contribution in [2.24, 2.45) is 0 Å². The van der Waals surface area contributed by atoms with Crippen LogP contribution in [0.4, 0.5) is 0 Å². The Bertz CT molecular complexity index is 544. The van der Waals surface area contributed by atoms with E-state index in [1.807, 2.05) is 6.07 Å². The van der Waals surface area contributed by atoms with Crippen LogP contribution in [0.2, 0.25) is 0 Å². The molecule has 0 radical (unpaired) electrons. The van der Waals surface area contributed by atoms with Crippen molar-refractivity contribution in [3.05, 3.63) is 23.7 Å². The van der Waals surface area contributed by atoms with Gasteiger partial charge in [0.25, 0.3) is 0 Å². The van der Waals surface area contributed by atoms with Gasteiger partial charge in [0, 0.05) is 11.6 Å². The van der Waals surface area contributed by atoms with Gasteiger partial charge in [-0.05, 0) is 13.0 Å². The molecule has 14 heavy (non-hydrogen) atoms. The zero-order valence-electron chi connectivity index (χ0n) is 7.39. The minimum Gasteiger partial charge on any atom is -0.492 e. The first-order valence-electron chi connectivity index (χ1n) is 3.94. The molecule has 0 unspecified atom stereocenters. The number of fused-ring (bicyclic) bond motifs is 1. The predicted octanol–water partition coefficient (Wildman–Crippen LogP) is 0.911. The molecular weight excluding hydrogens is 180 g/mol. The van der Waals surface area contributed by atoms with Gasteiger partial charge in [-0.25, -0.2) is 9.97 Å². The molecule has 0 aromatic carbocycles. The van der Waals surface area contributed by atoms with E-state index >= 15 is 0 Å². The SMILES string of the molecule is Cc1ncc2cc(C#N)c(O)nc2n1. The molecule has 0 aliphatic heterocycles. The van der Waals surface area contributed by atoms with E-state index in [0.29, 0.717) is 16.9 Å². The van der Waals surface area contributed by atoms with Crippen LogP contribution >= 0.6 is 0 Å². The van der Waals surface area contributed by atoms with E-state index in [2.05, 4.69) is 15.0 Å². The molecule has 2 heterocycles. The summed E-state index contributed by atoms with van der Waals surface area (Å²) in [4.78, 5) is 11.8. The van der Waals surface area contributed by atoms with Gasteiger partial charge in [-0.2, -0.15) is 10.2 Å². The number of aromatic hydroxyl groups is 1. The number of pyridine rings is 1. The van der Waals surface area contributed by atoms with Crippen LogP contribution in [0, 0.1) is 18.3 Å². The van der Waals surface area contributed by atoms with Gasteiger partial charge in [0.1, 0.15) is 17.5 Å². The lowest BCUT2D eigenvalue weighted by atomic mass is 10.2. The van der Waals surface area contributed by atoms with Crippen LogP contribution in [0.1, 0.15) is 11.4 Å². The Balaban J connectivity index is 2.81. The Kier molecular flexibility index (Phi) is 1.75. The molecule has 0 aliphatic rings. The van der Waals surface area contributed by atoms with Gasteiger partial charge < -0.3 is 5.11 Å². The van der Waals surface area contributed by atoms with Crippen LogP contribution < -0.4 is 0 Å². The van der Waals surface area contributed by atoms with Gasteiger partial charge in [0.2, 0.25) is 5.88 Å². The van der Waals surface area contributed by atoms with E-state index in [1.54, 1.807) is 13.1 Å². The van der Waals surface area contributed by atoms with Crippen molar-refractivity contribution in [2.75, 3.05) is 0 Å². The van der Waals surface area contributed by atoms with Crippen molar-refractivity contribution >= 4 is 11.0 Å². The van der Waals surface area contributed by atoms with Gasteiger partial charge >= 0.3 is 0 Å². The minimum atomic E-state index is -0.293. The molecule has 0 atom stereocenters. The van der Waals surface area contributed by atoms with Crippen LogP contribution in [0.5, 0.6) is 5.88 Å². The summed E-state index contributed by atoms with van der Waals surface area (Å²) in [6.45, 7) is 1.73. The fraction of sp³-hybridized carbons (Fsp3) is 0.111. The zero-order valence-corrected chi connectivity index (χ0v) is 7.39. The monoisotopic (exact) mass is 186 g/mol. The van der Waals surface area contributed by atoms with E-state index in [1.165, 1.54) is 6.07 Å². The summed E-state index contributed by atoms with van der Waals surface area (Å²) in [5.74, 6) is 0.284. The number of aryl methyl sites for hydroxylation is 1. The molecule has 0 bridgehead atoms. The van der Waals surface area contributed by atoms with Crippen LogP contribution in [-0.2, 0) is 0 Å². The first-order chi connectivity index (χ1) is 6.70. The van der Waals surface area contributed by atoms with E-state index in [4.69, 9.17) is 5.26 Å². The van der Waals surface area contributed by atoms with Gasteiger partial charge in [-0.15, -0.1) is 0 Å². The van der Waals surface area contributed by atoms with Crippen LogP contribution in [0.25, 0.3) is 11.0 Å². The highest BCUT2D eigenvalue weighted by atomic mass is 16.3. The molecule has 0 fully saturated rings.